The van der Waals surface area contributed by atoms with Crippen molar-refractivity contribution in [1.29, 1.82) is 0 Å². The van der Waals surface area contributed by atoms with Gasteiger partial charge in [0.15, 0.2) is 12.0 Å². The molecule has 1 saturated heterocycles. The molecular weight excluding hydrogens is 567 g/mol. The zero-order chi connectivity index (χ0) is 27.6. The van der Waals surface area contributed by atoms with E-state index in [0.717, 1.165) is 52.7 Å². The lowest BCUT2D eigenvalue weighted by atomic mass is 10.1. The van der Waals surface area contributed by atoms with Crippen LogP contribution in [-0.4, -0.2) is 63.6 Å². The van der Waals surface area contributed by atoms with Crippen LogP contribution >= 0.6 is 34.5 Å². The summed E-state index contributed by atoms with van der Waals surface area (Å²) in [6, 6.07) is 23.4. The van der Waals surface area contributed by atoms with Gasteiger partial charge in [-0.1, -0.05) is 64.8 Å². The summed E-state index contributed by atoms with van der Waals surface area (Å²) in [6.07, 6.45) is -1.14. The van der Waals surface area contributed by atoms with Gasteiger partial charge in [-0.05, 0) is 31.2 Å². The summed E-state index contributed by atoms with van der Waals surface area (Å²) in [6.45, 7) is 5.45. The molecule has 40 heavy (non-hydrogen) atoms. The van der Waals surface area contributed by atoms with Crippen LogP contribution in [0.1, 0.15) is 12.7 Å². The fraction of sp³-hybridized carbons (Fsp3) is 0.267. The summed E-state index contributed by atoms with van der Waals surface area (Å²) in [5.41, 5.74) is 3.29. The lowest BCUT2D eigenvalue weighted by molar-refractivity contribution is -0.0756. The van der Waals surface area contributed by atoms with Gasteiger partial charge in [-0.3, -0.25) is 9.80 Å². The third-order valence-electron chi connectivity index (χ3n) is 6.97. The normalized spacial score (nSPS) is 16.3. The number of hydrogen-bond acceptors (Lipinski definition) is 8. The van der Waals surface area contributed by atoms with Crippen molar-refractivity contribution >= 4 is 44.8 Å². The number of nitrogens with zero attached hydrogens (tertiary/aromatic N) is 4. The largest absolute Gasteiger partial charge is 0.472 e. The Hall–Kier alpha value is -2.98. The average molecular weight is 596 g/mol. The summed E-state index contributed by atoms with van der Waals surface area (Å²) in [4.78, 5) is 9.29. The molecule has 1 aliphatic heterocycles. The number of ether oxygens (including phenoxy) is 1. The number of thiazole rings is 1. The van der Waals surface area contributed by atoms with Crippen molar-refractivity contribution in [2.24, 2.45) is 0 Å². The summed E-state index contributed by atoms with van der Waals surface area (Å²) in [5.74, 6) is 1.44. The van der Waals surface area contributed by atoms with Crippen LogP contribution in [0.25, 0.3) is 32.0 Å². The molecule has 1 unspecified atom stereocenters. The minimum absolute atomic E-state index is 0.467. The van der Waals surface area contributed by atoms with Gasteiger partial charge in [0.25, 0.3) is 0 Å². The number of halogens is 2. The third kappa shape index (κ3) is 5.88. The van der Waals surface area contributed by atoms with Crippen LogP contribution in [0.15, 0.2) is 77.3 Å². The molecule has 0 saturated carbocycles. The molecule has 1 fully saturated rings. The molecule has 0 amide bonds. The van der Waals surface area contributed by atoms with Crippen LogP contribution in [0.3, 0.4) is 0 Å². The molecular formula is C30H28Cl2N4O3S. The van der Waals surface area contributed by atoms with Gasteiger partial charge in [0.2, 0.25) is 0 Å². The molecule has 3 aromatic carbocycles. The van der Waals surface area contributed by atoms with Crippen molar-refractivity contribution in [3.8, 4) is 27.6 Å². The highest BCUT2D eigenvalue weighted by molar-refractivity contribution is 7.21. The second-order valence-electron chi connectivity index (χ2n) is 9.85. The van der Waals surface area contributed by atoms with E-state index in [2.05, 4.69) is 27.1 Å². The number of benzene rings is 3. The maximum absolute atomic E-state index is 10.6. The molecule has 3 heterocycles. The van der Waals surface area contributed by atoms with E-state index in [-0.39, 0.29) is 0 Å². The minimum atomic E-state index is -0.672. The Bertz CT molecular complexity index is 1580. The van der Waals surface area contributed by atoms with Crippen molar-refractivity contribution in [2.75, 3.05) is 26.2 Å². The summed E-state index contributed by atoms with van der Waals surface area (Å²) < 4.78 is 13.0. The number of piperazine rings is 1. The summed E-state index contributed by atoms with van der Waals surface area (Å²) in [5, 5.41) is 16.9. The van der Waals surface area contributed by atoms with E-state index in [1.165, 1.54) is 0 Å². The number of fused-ring (bicyclic) bond motifs is 1. The lowest BCUT2D eigenvalue weighted by Crippen LogP contribution is -2.55. The summed E-state index contributed by atoms with van der Waals surface area (Å²) >= 11 is 14.3. The first-order valence-electron chi connectivity index (χ1n) is 13.1. The number of hydrogen-bond donors (Lipinski definition) is 1. The highest BCUT2D eigenvalue weighted by Gasteiger charge is 2.29. The zero-order valence-electron chi connectivity index (χ0n) is 21.8. The Kier molecular flexibility index (Phi) is 8.07. The maximum Gasteiger partial charge on any atom is 0.178 e. The number of aliphatic hydroxyl groups is 1. The third-order valence-corrected chi connectivity index (χ3v) is 8.69. The predicted molar refractivity (Wildman–Crippen MR) is 160 cm³/mol. The van der Waals surface area contributed by atoms with Crippen molar-refractivity contribution in [2.45, 2.75) is 25.8 Å². The van der Waals surface area contributed by atoms with Crippen molar-refractivity contribution in [1.82, 2.24) is 19.9 Å². The van der Waals surface area contributed by atoms with Crippen molar-refractivity contribution in [3.05, 3.63) is 88.6 Å². The van der Waals surface area contributed by atoms with Gasteiger partial charge in [0.1, 0.15) is 22.6 Å². The van der Waals surface area contributed by atoms with Crippen LogP contribution < -0.4 is 4.74 Å². The Morgan fingerprint density at radius 1 is 0.975 bits per heavy atom. The lowest BCUT2D eigenvalue weighted by Gasteiger charge is -2.39. The molecule has 5 aromatic rings. The second kappa shape index (κ2) is 11.9. The Labute approximate surface area is 246 Å². The summed E-state index contributed by atoms with van der Waals surface area (Å²) in [7, 11) is 0. The Morgan fingerprint density at radius 3 is 2.45 bits per heavy atom. The van der Waals surface area contributed by atoms with Gasteiger partial charge in [-0.15, -0.1) is 11.3 Å². The second-order valence-corrected chi connectivity index (χ2v) is 11.7. The molecule has 0 bridgehead atoms. The first-order valence-corrected chi connectivity index (χ1v) is 14.7. The molecule has 10 heteroatoms. The molecule has 0 aliphatic carbocycles. The van der Waals surface area contributed by atoms with E-state index in [1.54, 1.807) is 36.5 Å². The van der Waals surface area contributed by atoms with Crippen LogP contribution in [0.4, 0.5) is 0 Å². The fourth-order valence-electron chi connectivity index (χ4n) is 4.95. The van der Waals surface area contributed by atoms with E-state index in [1.807, 2.05) is 42.5 Å². The molecule has 7 nitrogen and oxygen atoms in total. The van der Waals surface area contributed by atoms with Crippen LogP contribution in [0, 0.1) is 0 Å². The van der Waals surface area contributed by atoms with Gasteiger partial charge in [0, 0.05) is 49.4 Å². The molecule has 1 N–H and O–H groups in total. The topological polar surface area (TPSA) is 74.9 Å². The number of rotatable bonds is 8. The SMILES string of the molecule is C[C@H](O)C(Oc1ccc2sc(-c3ccccc3)nc2c1)N1CCN(Cc2cc(-c3c(Cl)cccc3Cl)no2)CC1. The van der Waals surface area contributed by atoms with Crippen molar-refractivity contribution in [3.63, 3.8) is 0 Å². The predicted octanol–water partition coefficient (Wildman–Crippen LogP) is 6.83. The van der Waals surface area contributed by atoms with Crippen LogP contribution in [-0.2, 0) is 6.54 Å². The Balaban J connectivity index is 1.09. The number of aliphatic hydroxyl groups excluding tert-OH is 1. The van der Waals surface area contributed by atoms with Gasteiger partial charge in [-0.2, -0.15) is 0 Å². The van der Waals surface area contributed by atoms with E-state index < -0.39 is 12.3 Å². The quantitative estimate of drug-likeness (QED) is 0.211. The molecule has 206 valence electrons. The zero-order valence-corrected chi connectivity index (χ0v) is 24.2. The van der Waals surface area contributed by atoms with E-state index >= 15 is 0 Å². The van der Waals surface area contributed by atoms with Crippen LogP contribution in [0.5, 0.6) is 5.75 Å². The first kappa shape index (κ1) is 27.2. The van der Waals surface area contributed by atoms with Crippen LogP contribution in [0.2, 0.25) is 10.0 Å². The number of aromatic nitrogens is 2. The van der Waals surface area contributed by atoms with Gasteiger partial charge in [0.05, 0.1) is 26.8 Å². The molecule has 6 rings (SSSR count). The highest BCUT2D eigenvalue weighted by atomic mass is 35.5. The first-order chi connectivity index (χ1) is 19.4. The highest BCUT2D eigenvalue weighted by Crippen LogP contribution is 2.35. The van der Waals surface area contributed by atoms with E-state index in [0.29, 0.717) is 33.6 Å². The maximum atomic E-state index is 10.6. The van der Waals surface area contributed by atoms with E-state index in [4.69, 9.17) is 37.4 Å². The monoisotopic (exact) mass is 594 g/mol. The molecule has 0 spiro atoms. The molecule has 2 atom stereocenters. The molecule has 1 aliphatic rings. The fourth-order valence-corrected chi connectivity index (χ4v) is 6.49. The van der Waals surface area contributed by atoms with Gasteiger partial charge in [-0.25, -0.2) is 4.98 Å². The molecule has 2 aromatic heterocycles. The van der Waals surface area contributed by atoms with Gasteiger partial charge >= 0.3 is 0 Å². The van der Waals surface area contributed by atoms with Gasteiger partial charge < -0.3 is 14.4 Å². The van der Waals surface area contributed by atoms with E-state index in [9.17, 15) is 5.11 Å². The molecule has 0 radical (unpaired) electrons. The minimum Gasteiger partial charge on any atom is -0.472 e. The average Bonchev–Trinajstić information content (AvgIpc) is 3.59. The van der Waals surface area contributed by atoms with Crippen molar-refractivity contribution < 1.29 is 14.4 Å². The Morgan fingerprint density at radius 2 is 1.73 bits per heavy atom. The smallest absolute Gasteiger partial charge is 0.178 e. The standard InChI is InChI=1S/C30H28Cl2N4O3S/c1-19(37)30(38-21-10-11-27-25(16-21)33-29(40-27)20-6-3-2-4-7-20)36-14-12-35(13-15-36)18-22-17-26(34-39-22)28-23(31)8-5-9-24(28)32/h2-11,16-17,19,30,37H,12-15,18H2,1H3/t19-,30?/m0/s1.